The monoisotopic (exact) mass is 428 g/mol. The second-order valence-electron chi connectivity index (χ2n) is 6.53. The molecule has 0 aromatic heterocycles. The molecular weight excluding hydrogens is 408 g/mol. The Morgan fingerprint density at radius 1 is 1.13 bits per heavy atom. The van der Waals surface area contributed by atoms with Crippen LogP contribution >= 0.6 is 0 Å². The zero-order chi connectivity index (χ0) is 21.6. The third kappa shape index (κ3) is 4.97. The summed E-state index contributed by atoms with van der Waals surface area (Å²) in [7, 11) is -3.62. The summed E-state index contributed by atoms with van der Waals surface area (Å²) in [4.78, 5) is 22.8. The summed E-state index contributed by atoms with van der Waals surface area (Å²) in [6.07, 6.45) is 5.88. The average Bonchev–Trinajstić information content (AvgIpc) is 3.29. The van der Waals surface area contributed by atoms with Crippen LogP contribution in [0.3, 0.4) is 0 Å². The predicted octanol–water partition coefficient (Wildman–Crippen LogP) is 2.81. The first-order valence-corrected chi connectivity index (χ1v) is 10.7. The van der Waals surface area contributed by atoms with Crippen LogP contribution in [0.5, 0.6) is 0 Å². The van der Waals surface area contributed by atoms with Crippen molar-refractivity contribution in [2.24, 2.45) is 5.10 Å². The van der Waals surface area contributed by atoms with Gasteiger partial charge in [-0.25, -0.2) is 13.8 Å². The molecule has 30 heavy (non-hydrogen) atoms. The van der Waals surface area contributed by atoms with Gasteiger partial charge >= 0.3 is 0 Å². The first-order valence-electron chi connectivity index (χ1n) is 9.23. The summed E-state index contributed by atoms with van der Waals surface area (Å²) in [5.74, 6) is -0.566. The molecule has 0 bridgehead atoms. The van der Waals surface area contributed by atoms with Crippen LogP contribution in [0.4, 0.5) is 5.69 Å². The van der Waals surface area contributed by atoms with E-state index in [4.69, 9.17) is 0 Å². The number of rotatable bonds is 7. The number of carbonyl (C=O) groups is 1. The number of nitro groups is 1. The number of carbonyl (C=O) groups excluding carboxylic acids is 1. The van der Waals surface area contributed by atoms with Crippen molar-refractivity contribution in [1.82, 2.24) is 9.73 Å². The van der Waals surface area contributed by atoms with Gasteiger partial charge in [0.15, 0.2) is 0 Å². The molecule has 0 radical (unpaired) electrons. The molecule has 1 aliphatic heterocycles. The van der Waals surface area contributed by atoms with Crippen molar-refractivity contribution in [1.29, 1.82) is 0 Å². The van der Waals surface area contributed by atoms with E-state index in [0.29, 0.717) is 18.7 Å². The van der Waals surface area contributed by atoms with E-state index in [2.05, 4.69) is 10.5 Å². The standard InChI is InChI=1S/C20H20N4O5S/c25-20(22-21-12-6-9-16-7-1-2-11-19(16)24(26)27)17-8-5-10-18(15-17)30(28,29)23-13-3-4-14-23/h1-2,5-12,15H,3-4,13-14H2,(H,22,25). The normalized spacial score (nSPS) is 15.1. The lowest BCUT2D eigenvalue weighted by Gasteiger charge is -2.15. The third-order valence-electron chi connectivity index (χ3n) is 4.53. The molecule has 2 aromatic carbocycles. The number of hydrogen-bond acceptors (Lipinski definition) is 6. The van der Waals surface area contributed by atoms with Crippen LogP contribution in [0.25, 0.3) is 6.08 Å². The van der Waals surface area contributed by atoms with E-state index < -0.39 is 20.9 Å². The second-order valence-corrected chi connectivity index (χ2v) is 8.47. The highest BCUT2D eigenvalue weighted by molar-refractivity contribution is 7.89. The number of nitro benzene ring substituents is 1. The van der Waals surface area contributed by atoms with Crippen LogP contribution in [0.1, 0.15) is 28.8 Å². The smallest absolute Gasteiger partial charge is 0.267 e. The van der Waals surface area contributed by atoms with Crippen molar-refractivity contribution in [3.63, 3.8) is 0 Å². The van der Waals surface area contributed by atoms with Crippen LogP contribution in [0.2, 0.25) is 0 Å². The molecular formula is C20H20N4O5S. The average molecular weight is 428 g/mol. The topological polar surface area (TPSA) is 122 Å². The first-order chi connectivity index (χ1) is 14.4. The van der Waals surface area contributed by atoms with Gasteiger partial charge in [-0.2, -0.15) is 9.41 Å². The number of hydrazone groups is 1. The van der Waals surface area contributed by atoms with Crippen molar-refractivity contribution < 1.29 is 18.1 Å². The van der Waals surface area contributed by atoms with Gasteiger partial charge in [-0.1, -0.05) is 18.2 Å². The van der Waals surface area contributed by atoms with E-state index in [0.717, 1.165) is 12.8 Å². The number of nitrogens with one attached hydrogen (secondary N) is 1. The Morgan fingerprint density at radius 2 is 1.87 bits per heavy atom. The van der Waals surface area contributed by atoms with Gasteiger partial charge in [-0.15, -0.1) is 0 Å². The maximum Gasteiger partial charge on any atom is 0.276 e. The molecule has 3 rings (SSSR count). The summed E-state index contributed by atoms with van der Waals surface area (Å²) in [6, 6.07) is 12.0. The summed E-state index contributed by atoms with van der Waals surface area (Å²) < 4.78 is 26.7. The fourth-order valence-corrected chi connectivity index (χ4v) is 4.58. The van der Waals surface area contributed by atoms with E-state index in [1.165, 1.54) is 53.0 Å². The molecule has 1 amide bonds. The van der Waals surface area contributed by atoms with Crippen molar-refractivity contribution in [3.8, 4) is 0 Å². The molecule has 0 spiro atoms. The Kier molecular flexibility index (Phi) is 6.70. The van der Waals surface area contributed by atoms with Crippen molar-refractivity contribution in [2.45, 2.75) is 17.7 Å². The molecule has 1 aliphatic rings. The number of amides is 1. The number of hydrogen-bond donors (Lipinski definition) is 1. The van der Waals surface area contributed by atoms with E-state index in [1.807, 2.05) is 0 Å². The Morgan fingerprint density at radius 3 is 2.60 bits per heavy atom. The Hall–Kier alpha value is -3.37. The van der Waals surface area contributed by atoms with Crippen molar-refractivity contribution >= 4 is 33.9 Å². The number of sulfonamides is 1. The zero-order valence-electron chi connectivity index (χ0n) is 16.0. The summed E-state index contributed by atoms with van der Waals surface area (Å²) in [6.45, 7) is 0.962. The third-order valence-corrected chi connectivity index (χ3v) is 6.43. The quantitative estimate of drug-likeness (QED) is 0.413. The molecule has 0 saturated carbocycles. The SMILES string of the molecule is O=C(NN=CC=Cc1ccccc1[N+](=O)[O-])c1cccc(S(=O)(=O)N2CCCC2)c1. The van der Waals surface area contributed by atoms with Crippen molar-refractivity contribution in [3.05, 3.63) is 75.8 Å². The Labute approximate surface area is 173 Å². The van der Waals surface area contributed by atoms with Gasteiger partial charge < -0.3 is 0 Å². The molecule has 1 N–H and O–H groups in total. The van der Waals surface area contributed by atoms with Gasteiger partial charge in [0, 0.05) is 30.9 Å². The minimum atomic E-state index is -3.62. The lowest BCUT2D eigenvalue weighted by molar-refractivity contribution is -0.385. The molecule has 9 nitrogen and oxygen atoms in total. The number of nitrogens with zero attached hydrogens (tertiary/aromatic N) is 3. The number of allylic oxidation sites excluding steroid dienone is 1. The highest BCUT2D eigenvalue weighted by atomic mass is 32.2. The van der Waals surface area contributed by atoms with Crippen LogP contribution in [0.15, 0.2) is 64.6 Å². The summed E-state index contributed by atoms with van der Waals surface area (Å²) >= 11 is 0. The van der Waals surface area contributed by atoms with Crippen molar-refractivity contribution in [2.75, 3.05) is 13.1 Å². The summed E-state index contributed by atoms with van der Waals surface area (Å²) in [5, 5.41) is 14.7. The maximum atomic E-state index is 12.6. The fourth-order valence-electron chi connectivity index (χ4n) is 3.02. The van der Waals surface area contributed by atoms with Gasteiger partial charge in [0.1, 0.15) is 0 Å². The molecule has 1 heterocycles. The van der Waals surface area contributed by atoms with Gasteiger partial charge in [-0.3, -0.25) is 14.9 Å². The highest BCUT2D eigenvalue weighted by Gasteiger charge is 2.27. The largest absolute Gasteiger partial charge is 0.276 e. The van der Waals surface area contributed by atoms with Gasteiger partial charge in [0.05, 0.1) is 15.4 Å². The molecule has 156 valence electrons. The van der Waals surface area contributed by atoms with E-state index in [1.54, 1.807) is 18.2 Å². The Balaban J connectivity index is 1.65. The molecule has 0 aliphatic carbocycles. The predicted molar refractivity (Wildman–Crippen MR) is 113 cm³/mol. The van der Waals surface area contributed by atoms with E-state index in [-0.39, 0.29) is 16.1 Å². The van der Waals surface area contributed by atoms with Crippen LogP contribution in [-0.2, 0) is 10.0 Å². The van der Waals surface area contributed by atoms with Gasteiger partial charge in [-0.05, 0) is 49.3 Å². The highest BCUT2D eigenvalue weighted by Crippen LogP contribution is 2.21. The first kappa shape index (κ1) is 21.3. The molecule has 0 atom stereocenters. The minimum Gasteiger partial charge on any atom is -0.267 e. The zero-order valence-corrected chi connectivity index (χ0v) is 16.8. The lowest BCUT2D eigenvalue weighted by Crippen LogP contribution is -2.28. The van der Waals surface area contributed by atoms with Gasteiger partial charge in [0.2, 0.25) is 10.0 Å². The molecule has 10 heteroatoms. The number of para-hydroxylation sites is 1. The minimum absolute atomic E-state index is 0.0396. The van der Waals surface area contributed by atoms with Gasteiger partial charge in [0.25, 0.3) is 11.6 Å². The fraction of sp³-hybridized carbons (Fsp3) is 0.200. The molecule has 2 aromatic rings. The molecule has 1 saturated heterocycles. The van der Waals surface area contributed by atoms with Crippen LogP contribution in [-0.4, -0.2) is 42.9 Å². The molecule has 0 unspecified atom stereocenters. The number of benzene rings is 2. The summed E-state index contributed by atoms with van der Waals surface area (Å²) in [5.41, 5.74) is 2.83. The molecule has 1 fully saturated rings. The van der Waals surface area contributed by atoms with Crippen LogP contribution < -0.4 is 5.43 Å². The maximum absolute atomic E-state index is 12.6. The Bertz CT molecular complexity index is 1110. The van der Waals surface area contributed by atoms with E-state index in [9.17, 15) is 23.3 Å². The second kappa shape index (κ2) is 9.42. The van der Waals surface area contributed by atoms with Crippen LogP contribution in [0, 0.1) is 10.1 Å². The van der Waals surface area contributed by atoms with E-state index >= 15 is 0 Å². The lowest BCUT2D eigenvalue weighted by atomic mass is 10.2.